The van der Waals surface area contributed by atoms with Crippen LogP contribution >= 0.6 is 0 Å². The van der Waals surface area contributed by atoms with Crippen molar-refractivity contribution >= 4 is 11.7 Å². The molecular formula is C17H23N5O2. The summed E-state index contributed by atoms with van der Waals surface area (Å²) in [5, 5.41) is 11.0. The second-order valence-corrected chi connectivity index (χ2v) is 5.92. The Hall–Kier alpha value is -2.41. The number of likely N-dealkylation sites (tertiary alicyclic amines) is 1. The van der Waals surface area contributed by atoms with Gasteiger partial charge in [-0.25, -0.2) is 4.79 Å². The van der Waals surface area contributed by atoms with Crippen molar-refractivity contribution in [1.29, 1.82) is 0 Å². The highest BCUT2D eigenvalue weighted by molar-refractivity contribution is 5.89. The molecule has 0 bridgehead atoms. The van der Waals surface area contributed by atoms with E-state index in [1.807, 2.05) is 47.7 Å². The van der Waals surface area contributed by atoms with Crippen LogP contribution in [0.25, 0.3) is 0 Å². The number of carbonyl (C=O) groups is 1. The molecule has 128 valence electrons. The van der Waals surface area contributed by atoms with Gasteiger partial charge in [0.05, 0.1) is 12.6 Å². The molecule has 1 aromatic carbocycles. The van der Waals surface area contributed by atoms with E-state index in [-0.39, 0.29) is 12.1 Å². The third kappa shape index (κ3) is 3.56. The second kappa shape index (κ2) is 7.44. The number of aryl methyl sites for hydroxylation is 1. The first-order chi connectivity index (χ1) is 11.7. The van der Waals surface area contributed by atoms with Crippen LogP contribution in [0.1, 0.15) is 37.2 Å². The van der Waals surface area contributed by atoms with Crippen LogP contribution in [0, 0.1) is 0 Å². The molecular weight excluding hydrogens is 306 g/mol. The number of rotatable bonds is 5. The number of benzene rings is 1. The molecule has 1 aliphatic rings. The third-order valence-corrected chi connectivity index (χ3v) is 4.24. The monoisotopic (exact) mass is 329 g/mol. The maximum atomic E-state index is 12.6. The predicted molar refractivity (Wildman–Crippen MR) is 90.5 cm³/mol. The van der Waals surface area contributed by atoms with E-state index in [1.165, 1.54) is 0 Å². The molecule has 0 spiro atoms. The number of aromatic nitrogens is 3. The Morgan fingerprint density at radius 1 is 1.38 bits per heavy atom. The molecule has 1 aromatic heterocycles. The van der Waals surface area contributed by atoms with Gasteiger partial charge in [0.1, 0.15) is 6.33 Å². The molecule has 1 fully saturated rings. The molecule has 2 heterocycles. The summed E-state index contributed by atoms with van der Waals surface area (Å²) in [6, 6.07) is 7.62. The van der Waals surface area contributed by atoms with E-state index in [2.05, 4.69) is 15.5 Å². The molecule has 0 aliphatic carbocycles. The second-order valence-electron chi connectivity index (χ2n) is 5.92. The number of carbonyl (C=O) groups excluding carboxylic acids is 1. The van der Waals surface area contributed by atoms with E-state index in [1.54, 1.807) is 6.33 Å². The van der Waals surface area contributed by atoms with Crippen molar-refractivity contribution in [3.05, 3.63) is 42.0 Å². The lowest BCUT2D eigenvalue weighted by molar-refractivity contribution is 0.134. The van der Waals surface area contributed by atoms with Crippen LogP contribution in [0.3, 0.4) is 0 Å². The Labute approximate surface area is 141 Å². The third-order valence-electron chi connectivity index (χ3n) is 4.24. The lowest BCUT2D eigenvalue weighted by Crippen LogP contribution is -2.35. The minimum atomic E-state index is -0.0990. The molecule has 24 heavy (non-hydrogen) atoms. The zero-order valence-corrected chi connectivity index (χ0v) is 14.1. The van der Waals surface area contributed by atoms with Crippen molar-refractivity contribution < 1.29 is 9.53 Å². The zero-order valence-electron chi connectivity index (χ0n) is 14.1. The summed E-state index contributed by atoms with van der Waals surface area (Å²) >= 11 is 0. The molecule has 1 N–H and O–H groups in total. The molecule has 0 saturated carbocycles. The first kappa shape index (κ1) is 16.4. The summed E-state index contributed by atoms with van der Waals surface area (Å²) in [6.07, 6.45) is 3.55. The van der Waals surface area contributed by atoms with Gasteiger partial charge in [0.2, 0.25) is 0 Å². The van der Waals surface area contributed by atoms with Gasteiger partial charge in [0, 0.05) is 25.9 Å². The summed E-state index contributed by atoms with van der Waals surface area (Å²) < 4.78 is 7.25. The summed E-state index contributed by atoms with van der Waals surface area (Å²) in [6.45, 7) is 3.98. The highest BCUT2D eigenvalue weighted by Gasteiger charge is 2.32. The lowest BCUT2D eigenvalue weighted by Gasteiger charge is -2.24. The quantitative estimate of drug-likeness (QED) is 0.915. The fraction of sp³-hybridized carbons (Fsp3) is 0.471. The molecule has 0 radical (unpaired) electrons. The highest BCUT2D eigenvalue weighted by atomic mass is 16.5. The fourth-order valence-corrected chi connectivity index (χ4v) is 2.97. The fourth-order valence-electron chi connectivity index (χ4n) is 2.97. The van der Waals surface area contributed by atoms with Crippen molar-refractivity contribution in [2.24, 2.45) is 7.05 Å². The topological polar surface area (TPSA) is 72.3 Å². The van der Waals surface area contributed by atoms with Crippen LogP contribution in [0.4, 0.5) is 10.5 Å². The number of urea groups is 1. The average Bonchev–Trinajstić information content (AvgIpc) is 3.22. The van der Waals surface area contributed by atoms with Gasteiger partial charge in [-0.3, -0.25) is 0 Å². The largest absolute Gasteiger partial charge is 0.377 e. The number of nitrogens with one attached hydrogen (secondary N) is 1. The SMILES string of the molecule is CCOCc1ccc(NC(=O)N2CCC[C@H]2c2nncn2C)cc1. The Balaban J connectivity index is 1.64. The van der Waals surface area contributed by atoms with Crippen molar-refractivity contribution in [2.75, 3.05) is 18.5 Å². The van der Waals surface area contributed by atoms with E-state index < -0.39 is 0 Å². The number of amides is 2. The minimum absolute atomic E-state index is 0.0188. The molecule has 1 aliphatic heterocycles. The van der Waals surface area contributed by atoms with E-state index in [9.17, 15) is 4.79 Å². The van der Waals surface area contributed by atoms with Crippen LogP contribution in [-0.4, -0.2) is 38.8 Å². The number of hydrogen-bond donors (Lipinski definition) is 1. The van der Waals surface area contributed by atoms with E-state index >= 15 is 0 Å². The number of nitrogens with zero attached hydrogens (tertiary/aromatic N) is 4. The Kier molecular flexibility index (Phi) is 5.10. The molecule has 3 rings (SSSR count). The Morgan fingerprint density at radius 2 is 2.17 bits per heavy atom. The van der Waals surface area contributed by atoms with Crippen LogP contribution < -0.4 is 5.32 Å². The number of hydrogen-bond acceptors (Lipinski definition) is 4. The predicted octanol–water partition coefficient (Wildman–Crippen LogP) is 2.72. The zero-order chi connectivity index (χ0) is 16.9. The molecule has 2 amide bonds. The van der Waals surface area contributed by atoms with Gasteiger partial charge in [-0.05, 0) is 37.5 Å². The van der Waals surface area contributed by atoms with Gasteiger partial charge in [0.15, 0.2) is 5.82 Å². The van der Waals surface area contributed by atoms with Crippen LogP contribution in [0.2, 0.25) is 0 Å². The normalized spacial score (nSPS) is 17.2. The van der Waals surface area contributed by atoms with Gasteiger partial charge < -0.3 is 19.5 Å². The molecule has 1 atom stereocenters. The van der Waals surface area contributed by atoms with Gasteiger partial charge in [0.25, 0.3) is 0 Å². The van der Waals surface area contributed by atoms with Crippen molar-refractivity contribution in [3.8, 4) is 0 Å². The van der Waals surface area contributed by atoms with E-state index in [4.69, 9.17) is 4.74 Å². The van der Waals surface area contributed by atoms with Crippen LogP contribution in [-0.2, 0) is 18.4 Å². The van der Waals surface area contributed by atoms with Crippen LogP contribution in [0.5, 0.6) is 0 Å². The van der Waals surface area contributed by atoms with E-state index in [0.717, 1.165) is 36.5 Å². The maximum Gasteiger partial charge on any atom is 0.322 e. The standard InChI is InChI=1S/C17H23N5O2/c1-3-24-11-13-6-8-14(9-7-13)19-17(23)22-10-4-5-15(22)16-20-18-12-21(16)2/h6-9,12,15H,3-5,10-11H2,1-2H3,(H,19,23)/t15-/m0/s1. The molecule has 7 nitrogen and oxygen atoms in total. The molecule has 7 heteroatoms. The summed E-state index contributed by atoms with van der Waals surface area (Å²) in [4.78, 5) is 14.5. The number of ether oxygens (including phenoxy) is 1. The van der Waals surface area contributed by atoms with Crippen LogP contribution in [0.15, 0.2) is 30.6 Å². The lowest BCUT2D eigenvalue weighted by atomic mass is 10.2. The maximum absolute atomic E-state index is 12.6. The van der Waals surface area contributed by atoms with Gasteiger partial charge in [-0.1, -0.05) is 12.1 Å². The number of anilines is 1. The van der Waals surface area contributed by atoms with Crippen molar-refractivity contribution in [1.82, 2.24) is 19.7 Å². The summed E-state index contributed by atoms with van der Waals surface area (Å²) in [7, 11) is 1.90. The van der Waals surface area contributed by atoms with Crippen molar-refractivity contribution in [3.63, 3.8) is 0 Å². The summed E-state index contributed by atoms with van der Waals surface area (Å²) in [5.41, 5.74) is 1.87. The molecule has 0 unspecified atom stereocenters. The molecule has 1 saturated heterocycles. The smallest absolute Gasteiger partial charge is 0.322 e. The van der Waals surface area contributed by atoms with Gasteiger partial charge in [-0.15, -0.1) is 10.2 Å². The van der Waals surface area contributed by atoms with Crippen molar-refractivity contribution in [2.45, 2.75) is 32.4 Å². The first-order valence-corrected chi connectivity index (χ1v) is 8.27. The van der Waals surface area contributed by atoms with Gasteiger partial charge >= 0.3 is 6.03 Å². The molecule has 2 aromatic rings. The highest BCUT2D eigenvalue weighted by Crippen LogP contribution is 2.30. The first-order valence-electron chi connectivity index (χ1n) is 8.27. The Morgan fingerprint density at radius 3 is 2.83 bits per heavy atom. The average molecular weight is 329 g/mol. The summed E-state index contributed by atoms with van der Waals surface area (Å²) in [5.74, 6) is 0.828. The van der Waals surface area contributed by atoms with E-state index in [0.29, 0.717) is 13.2 Å². The minimum Gasteiger partial charge on any atom is -0.377 e. The van der Waals surface area contributed by atoms with Gasteiger partial charge in [-0.2, -0.15) is 0 Å². The Bertz CT molecular complexity index is 683.